The van der Waals surface area contributed by atoms with E-state index < -0.39 is 6.10 Å². The van der Waals surface area contributed by atoms with Crippen LogP contribution in [-0.4, -0.2) is 38.5 Å². The van der Waals surface area contributed by atoms with Crippen molar-refractivity contribution in [2.24, 2.45) is 0 Å². The number of rotatable bonds is 10. The number of nitrogens with zero attached hydrogens (tertiary/aromatic N) is 3. The SMILES string of the molecule is Cc1ccc(Oc2c(CN(CC(O)Cc3ccccc3)C3CC3)c(C)nn2-c2ccccc2)cc1. The summed E-state index contributed by atoms with van der Waals surface area (Å²) < 4.78 is 8.38. The third-order valence-corrected chi connectivity index (χ3v) is 6.56. The number of hydrogen-bond donors (Lipinski definition) is 1. The lowest BCUT2D eigenvalue weighted by molar-refractivity contribution is 0.103. The zero-order chi connectivity index (χ0) is 24.2. The Morgan fingerprint density at radius 3 is 2.26 bits per heavy atom. The van der Waals surface area contributed by atoms with Gasteiger partial charge in [-0.05, 0) is 62.9 Å². The Hall–Kier alpha value is -3.41. The second-order valence-electron chi connectivity index (χ2n) is 9.54. The van der Waals surface area contributed by atoms with E-state index in [1.165, 1.54) is 5.56 Å². The summed E-state index contributed by atoms with van der Waals surface area (Å²) in [6.07, 6.45) is 2.55. The minimum Gasteiger partial charge on any atom is -0.439 e. The van der Waals surface area contributed by atoms with Crippen molar-refractivity contribution >= 4 is 0 Å². The van der Waals surface area contributed by atoms with Gasteiger partial charge in [-0.25, -0.2) is 4.68 Å². The van der Waals surface area contributed by atoms with Gasteiger partial charge < -0.3 is 9.84 Å². The van der Waals surface area contributed by atoms with Crippen LogP contribution in [0.25, 0.3) is 5.69 Å². The van der Waals surface area contributed by atoms with Gasteiger partial charge in [0.2, 0.25) is 5.88 Å². The van der Waals surface area contributed by atoms with E-state index in [0.717, 1.165) is 47.0 Å². The van der Waals surface area contributed by atoms with Crippen LogP contribution in [0.5, 0.6) is 11.6 Å². The van der Waals surface area contributed by atoms with Crippen LogP contribution in [0, 0.1) is 13.8 Å². The number of aromatic nitrogens is 2. The summed E-state index contributed by atoms with van der Waals surface area (Å²) in [5.41, 5.74) is 5.32. The first-order valence-corrected chi connectivity index (χ1v) is 12.4. The first-order chi connectivity index (χ1) is 17.1. The predicted molar refractivity (Wildman–Crippen MR) is 139 cm³/mol. The molecule has 1 atom stereocenters. The molecule has 1 aliphatic carbocycles. The number of benzene rings is 3. The van der Waals surface area contributed by atoms with Crippen LogP contribution < -0.4 is 4.74 Å². The van der Waals surface area contributed by atoms with Crippen molar-refractivity contribution in [3.63, 3.8) is 0 Å². The number of aryl methyl sites for hydroxylation is 2. The lowest BCUT2D eigenvalue weighted by atomic mass is 10.1. The monoisotopic (exact) mass is 467 g/mol. The van der Waals surface area contributed by atoms with Crippen LogP contribution in [0.2, 0.25) is 0 Å². The van der Waals surface area contributed by atoms with Crippen molar-refractivity contribution in [3.8, 4) is 17.3 Å². The molecule has 0 radical (unpaired) electrons. The van der Waals surface area contributed by atoms with Gasteiger partial charge in [0.05, 0.1) is 23.0 Å². The molecule has 5 rings (SSSR count). The quantitative estimate of drug-likeness (QED) is 0.318. The van der Waals surface area contributed by atoms with Crippen molar-refractivity contribution in [2.45, 2.75) is 51.8 Å². The number of aliphatic hydroxyl groups excluding tert-OH is 1. The molecule has 5 nitrogen and oxygen atoms in total. The van der Waals surface area contributed by atoms with Crippen LogP contribution in [-0.2, 0) is 13.0 Å². The van der Waals surface area contributed by atoms with E-state index in [1.807, 2.05) is 72.3 Å². The molecule has 4 aromatic rings. The normalized spacial score (nSPS) is 14.3. The summed E-state index contributed by atoms with van der Waals surface area (Å²) in [4.78, 5) is 2.40. The Labute approximate surface area is 207 Å². The smallest absolute Gasteiger partial charge is 0.227 e. The van der Waals surface area contributed by atoms with E-state index in [0.29, 0.717) is 25.6 Å². The molecule has 0 saturated heterocycles. The maximum Gasteiger partial charge on any atom is 0.227 e. The predicted octanol–water partition coefficient (Wildman–Crippen LogP) is 5.85. The molecule has 35 heavy (non-hydrogen) atoms. The molecule has 0 amide bonds. The minimum absolute atomic E-state index is 0.427. The van der Waals surface area contributed by atoms with Crippen molar-refractivity contribution < 1.29 is 9.84 Å². The fraction of sp³-hybridized carbons (Fsp3) is 0.300. The average molecular weight is 468 g/mol. The van der Waals surface area contributed by atoms with E-state index in [2.05, 4.69) is 36.1 Å². The lowest BCUT2D eigenvalue weighted by Crippen LogP contribution is -2.35. The average Bonchev–Trinajstić information content (AvgIpc) is 3.67. The lowest BCUT2D eigenvalue weighted by Gasteiger charge is -2.25. The van der Waals surface area contributed by atoms with Gasteiger partial charge in [-0.3, -0.25) is 4.90 Å². The highest BCUT2D eigenvalue weighted by molar-refractivity contribution is 5.43. The van der Waals surface area contributed by atoms with Crippen molar-refractivity contribution in [2.75, 3.05) is 6.54 Å². The molecule has 1 unspecified atom stereocenters. The molecule has 1 aromatic heterocycles. The van der Waals surface area contributed by atoms with Crippen molar-refractivity contribution in [1.82, 2.24) is 14.7 Å². The third-order valence-electron chi connectivity index (χ3n) is 6.56. The summed E-state index contributed by atoms with van der Waals surface area (Å²) in [6, 6.07) is 28.9. The van der Waals surface area contributed by atoms with E-state index >= 15 is 0 Å². The van der Waals surface area contributed by atoms with Gasteiger partial charge in [0.25, 0.3) is 0 Å². The molecular weight excluding hydrogens is 434 g/mol. The second-order valence-corrected chi connectivity index (χ2v) is 9.54. The molecule has 1 fully saturated rings. The van der Waals surface area contributed by atoms with Gasteiger partial charge in [-0.2, -0.15) is 5.10 Å². The molecule has 0 spiro atoms. The van der Waals surface area contributed by atoms with Crippen molar-refractivity contribution in [1.29, 1.82) is 0 Å². The zero-order valence-corrected chi connectivity index (χ0v) is 20.5. The van der Waals surface area contributed by atoms with Crippen molar-refractivity contribution in [3.05, 3.63) is 107 Å². The first kappa shape index (κ1) is 23.3. The van der Waals surface area contributed by atoms with E-state index in [4.69, 9.17) is 9.84 Å². The van der Waals surface area contributed by atoms with Crippen LogP contribution in [0.4, 0.5) is 0 Å². The van der Waals surface area contributed by atoms with Gasteiger partial charge in [-0.15, -0.1) is 0 Å². The first-order valence-electron chi connectivity index (χ1n) is 12.4. The fourth-order valence-electron chi connectivity index (χ4n) is 4.49. The molecule has 1 heterocycles. The highest BCUT2D eigenvalue weighted by Gasteiger charge is 2.32. The second kappa shape index (κ2) is 10.5. The molecule has 180 valence electrons. The van der Waals surface area contributed by atoms with Crippen LogP contribution in [0.15, 0.2) is 84.9 Å². The molecular formula is C30H33N3O2. The highest BCUT2D eigenvalue weighted by Crippen LogP contribution is 2.35. The molecule has 5 heteroatoms. The summed E-state index contributed by atoms with van der Waals surface area (Å²) >= 11 is 0. The number of para-hydroxylation sites is 1. The molecule has 3 aromatic carbocycles. The molecule has 1 saturated carbocycles. The molecule has 1 aliphatic rings. The molecule has 1 N–H and O–H groups in total. The Morgan fingerprint density at radius 2 is 1.60 bits per heavy atom. The third kappa shape index (κ3) is 5.81. The van der Waals surface area contributed by atoms with E-state index in [1.54, 1.807) is 0 Å². The Bertz CT molecular complexity index is 1230. The Morgan fingerprint density at radius 1 is 0.943 bits per heavy atom. The van der Waals surface area contributed by atoms with E-state index in [-0.39, 0.29) is 0 Å². The van der Waals surface area contributed by atoms with E-state index in [9.17, 15) is 5.11 Å². The number of aliphatic hydroxyl groups is 1. The number of ether oxygens (including phenoxy) is 1. The zero-order valence-electron chi connectivity index (χ0n) is 20.5. The summed E-state index contributed by atoms with van der Waals surface area (Å²) in [5, 5.41) is 15.8. The maximum atomic E-state index is 10.9. The Kier molecular flexibility index (Phi) is 6.98. The van der Waals surface area contributed by atoms with Gasteiger partial charge in [0.1, 0.15) is 5.75 Å². The largest absolute Gasteiger partial charge is 0.439 e. The van der Waals surface area contributed by atoms with Gasteiger partial charge in [0.15, 0.2) is 0 Å². The number of hydrogen-bond acceptors (Lipinski definition) is 4. The summed E-state index contributed by atoms with van der Waals surface area (Å²) in [6.45, 7) is 5.43. The summed E-state index contributed by atoms with van der Waals surface area (Å²) in [5.74, 6) is 1.52. The van der Waals surface area contributed by atoms with Gasteiger partial charge in [-0.1, -0.05) is 66.2 Å². The van der Waals surface area contributed by atoms with Crippen LogP contribution >= 0.6 is 0 Å². The highest BCUT2D eigenvalue weighted by atomic mass is 16.5. The van der Waals surface area contributed by atoms with Gasteiger partial charge >= 0.3 is 0 Å². The fourth-order valence-corrected chi connectivity index (χ4v) is 4.49. The van der Waals surface area contributed by atoms with Gasteiger partial charge in [0, 0.05) is 19.1 Å². The minimum atomic E-state index is -0.427. The van der Waals surface area contributed by atoms with Crippen LogP contribution in [0.1, 0.15) is 35.2 Å². The molecule has 0 aliphatic heterocycles. The standard InChI is InChI=1S/C30H33N3O2/c1-22-13-17-28(18-14-22)35-30-29(23(2)31-33(30)26-11-7-4-8-12-26)21-32(25-15-16-25)20-27(34)19-24-9-5-3-6-10-24/h3-14,17-18,25,27,34H,15-16,19-21H2,1-2H3. The van der Waals surface area contributed by atoms with Crippen LogP contribution in [0.3, 0.4) is 0 Å². The maximum absolute atomic E-state index is 10.9. The summed E-state index contributed by atoms with van der Waals surface area (Å²) in [7, 11) is 0. The Balaban J connectivity index is 1.43. The topological polar surface area (TPSA) is 50.5 Å². The molecule has 0 bridgehead atoms.